The molecule has 3 nitrogen and oxygen atoms in total. The van der Waals surface area contributed by atoms with Gasteiger partial charge in [-0.25, -0.2) is 0 Å². The van der Waals surface area contributed by atoms with Crippen molar-refractivity contribution in [3.05, 3.63) is 0 Å². The molecule has 0 unspecified atom stereocenters. The summed E-state index contributed by atoms with van der Waals surface area (Å²) in [4.78, 5) is 0. The molecule has 0 aromatic heterocycles. The van der Waals surface area contributed by atoms with Crippen molar-refractivity contribution in [2.45, 2.75) is 0 Å². The fourth-order valence-corrected chi connectivity index (χ4v) is 0. The van der Waals surface area contributed by atoms with Crippen molar-refractivity contribution in [1.82, 2.24) is 0 Å². The van der Waals surface area contributed by atoms with E-state index < -0.39 is 0 Å². The van der Waals surface area contributed by atoms with Crippen LogP contribution < -0.4 is 14.1 Å². The normalized spacial score (nSPS) is 0. The summed E-state index contributed by atoms with van der Waals surface area (Å²) in [6.07, 6.45) is 0. The van der Waals surface area contributed by atoms with Crippen LogP contribution in [-0.4, -0.2) is 16.4 Å². The molecule has 0 bridgehead atoms. The molecule has 51 valence electrons. The van der Waals surface area contributed by atoms with Gasteiger partial charge in [-0.15, -0.1) is 0 Å². The standard InChI is InChI=1S/Cr.3FH.3H2O/h;3*1H;3*1H2/q+3;;;;;;/p-3. The molecule has 0 aliphatic heterocycles. The van der Waals surface area contributed by atoms with Crippen molar-refractivity contribution in [1.29, 1.82) is 0 Å². The third-order valence-electron chi connectivity index (χ3n) is 0. The summed E-state index contributed by atoms with van der Waals surface area (Å²) in [6, 6.07) is 0. The molecule has 0 spiro atoms. The predicted octanol–water partition coefficient (Wildman–Crippen LogP) is -11.5. The Morgan fingerprint density at radius 1 is 0.429 bits per heavy atom. The summed E-state index contributed by atoms with van der Waals surface area (Å²) in [5, 5.41) is 0. The van der Waals surface area contributed by atoms with Crippen molar-refractivity contribution in [2.24, 2.45) is 0 Å². The molecular weight excluding hydrogens is 157 g/mol. The number of halogens is 3. The molecule has 0 aromatic rings. The molecule has 0 rings (SSSR count). The Kier molecular flexibility index (Phi) is 3950000. The van der Waals surface area contributed by atoms with Crippen molar-refractivity contribution in [3.63, 3.8) is 0 Å². The molecule has 0 aromatic carbocycles. The van der Waals surface area contributed by atoms with Gasteiger partial charge in [-0.2, -0.15) is 0 Å². The van der Waals surface area contributed by atoms with E-state index in [-0.39, 0.29) is 47.9 Å². The molecule has 0 saturated carbocycles. The second-order valence-electron chi connectivity index (χ2n) is 0. The maximum atomic E-state index is 0. The molecule has 7 heavy (non-hydrogen) atoms. The Hall–Kier alpha value is 0.202. The van der Waals surface area contributed by atoms with Crippen LogP contribution in [0.2, 0.25) is 0 Å². The van der Waals surface area contributed by atoms with Crippen LogP contribution in [0.3, 0.4) is 0 Å². The minimum absolute atomic E-state index is 0. The zero-order valence-electron chi connectivity index (χ0n) is 3.04. The van der Waals surface area contributed by atoms with E-state index in [1.807, 2.05) is 0 Å². The van der Waals surface area contributed by atoms with E-state index in [1.165, 1.54) is 0 Å². The largest absolute Gasteiger partial charge is 3.00 e. The summed E-state index contributed by atoms with van der Waals surface area (Å²) in [7, 11) is 0. The Bertz CT molecular complexity index is 10.1. The maximum absolute atomic E-state index is 0. The van der Waals surface area contributed by atoms with Gasteiger partial charge in [-0.1, -0.05) is 0 Å². The smallest absolute Gasteiger partial charge is 1.00 e. The van der Waals surface area contributed by atoms with Crippen LogP contribution >= 0.6 is 0 Å². The van der Waals surface area contributed by atoms with Crippen LogP contribution in [0.15, 0.2) is 0 Å². The fraction of sp³-hybridized carbons (Fsp3) is 0. The van der Waals surface area contributed by atoms with E-state index in [2.05, 4.69) is 0 Å². The molecule has 0 fully saturated rings. The van der Waals surface area contributed by atoms with Crippen LogP contribution in [0.25, 0.3) is 0 Å². The zero-order chi connectivity index (χ0) is 0. The van der Waals surface area contributed by atoms with Gasteiger partial charge in [0.2, 0.25) is 0 Å². The monoisotopic (exact) mass is 163 g/mol. The molecule has 1 radical (unpaired) electrons. The topological polar surface area (TPSA) is 94.5 Å². The Balaban J connectivity index is 0. The molecule has 0 amide bonds. The van der Waals surface area contributed by atoms with Crippen molar-refractivity contribution in [2.75, 3.05) is 0 Å². The van der Waals surface area contributed by atoms with Gasteiger partial charge in [0.05, 0.1) is 0 Å². The van der Waals surface area contributed by atoms with Gasteiger partial charge in [0.15, 0.2) is 0 Å². The van der Waals surface area contributed by atoms with E-state index in [9.17, 15) is 0 Å². The molecule has 0 heterocycles. The molecule has 6 N–H and O–H groups in total. The van der Waals surface area contributed by atoms with Gasteiger partial charge in [-0.3, -0.25) is 0 Å². The van der Waals surface area contributed by atoms with E-state index in [0.29, 0.717) is 0 Å². The van der Waals surface area contributed by atoms with Crippen molar-refractivity contribution in [3.8, 4) is 0 Å². The quantitative estimate of drug-likeness (QED) is 0.339. The van der Waals surface area contributed by atoms with Gasteiger partial charge < -0.3 is 30.5 Å². The van der Waals surface area contributed by atoms with E-state index >= 15 is 0 Å². The third kappa shape index (κ3) is 2670. The maximum Gasteiger partial charge on any atom is 3.00 e. The predicted molar refractivity (Wildman–Crippen MR) is 10.8 cm³/mol. The van der Waals surface area contributed by atoms with Crippen LogP contribution in [0.4, 0.5) is 0 Å². The fourth-order valence-electron chi connectivity index (χ4n) is 0. The summed E-state index contributed by atoms with van der Waals surface area (Å²) >= 11 is 0. The van der Waals surface area contributed by atoms with Crippen molar-refractivity contribution < 1.29 is 47.9 Å². The third-order valence-corrected chi connectivity index (χ3v) is 0. The summed E-state index contributed by atoms with van der Waals surface area (Å²) < 4.78 is 0. The first-order chi connectivity index (χ1) is 0. The van der Waals surface area contributed by atoms with Crippen LogP contribution in [0, 0.1) is 0 Å². The first kappa shape index (κ1) is 6760. The molecule has 0 atom stereocenters. The Morgan fingerprint density at radius 2 is 0.429 bits per heavy atom. The van der Waals surface area contributed by atoms with Gasteiger partial charge in [0, 0.05) is 0 Å². The van der Waals surface area contributed by atoms with E-state index in [1.54, 1.807) is 0 Å². The van der Waals surface area contributed by atoms with Crippen molar-refractivity contribution >= 4 is 0 Å². The molecular formula is H6CrF3O3. The van der Waals surface area contributed by atoms with Gasteiger partial charge in [-0.05, 0) is 0 Å². The minimum Gasteiger partial charge on any atom is -1.00 e. The van der Waals surface area contributed by atoms with Gasteiger partial charge >= 0.3 is 17.4 Å². The van der Waals surface area contributed by atoms with Gasteiger partial charge in [0.25, 0.3) is 0 Å². The average molecular weight is 163 g/mol. The minimum atomic E-state index is 0. The number of rotatable bonds is 0. The Morgan fingerprint density at radius 3 is 0.429 bits per heavy atom. The number of hydrogen-bond acceptors (Lipinski definition) is 0. The molecule has 0 saturated heterocycles. The first-order valence-electron chi connectivity index (χ1n) is 0. The van der Waals surface area contributed by atoms with Crippen LogP contribution in [-0.2, 0) is 17.4 Å². The molecule has 0 aliphatic rings. The summed E-state index contributed by atoms with van der Waals surface area (Å²) in [5.74, 6) is 0. The number of hydrogen-bond donors (Lipinski definition) is 0. The van der Waals surface area contributed by atoms with E-state index in [4.69, 9.17) is 0 Å². The first-order valence-corrected chi connectivity index (χ1v) is 0. The second kappa shape index (κ2) is 4100. The van der Waals surface area contributed by atoms with Crippen LogP contribution in [0.5, 0.6) is 0 Å². The van der Waals surface area contributed by atoms with Crippen LogP contribution in [0.1, 0.15) is 0 Å². The summed E-state index contributed by atoms with van der Waals surface area (Å²) in [6.45, 7) is 0. The SMILES string of the molecule is O.O.O.[Cr+3].[F-].[F-].[F-]. The van der Waals surface area contributed by atoms with Gasteiger partial charge in [0.1, 0.15) is 0 Å². The second-order valence-corrected chi connectivity index (χ2v) is 0. The summed E-state index contributed by atoms with van der Waals surface area (Å²) in [5.41, 5.74) is 0. The average Bonchev–Trinajstić information content (AvgIpc) is 0. The van der Waals surface area contributed by atoms with E-state index in [0.717, 1.165) is 0 Å². The Labute approximate surface area is 48.9 Å². The molecule has 7 heteroatoms. The molecule has 0 aliphatic carbocycles. The zero-order valence-corrected chi connectivity index (χ0v) is 4.32.